The van der Waals surface area contributed by atoms with Gasteiger partial charge in [-0.1, -0.05) is 18.2 Å². The van der Waals surface area contributed by atoms with E-state index in [0.29, 0.717) is 5.76 Å². The minimum atomic E-state index is -1.11. The van der Waals surface area contributed by atoms with Crippen LogP contribution in [0.2, 0.25) is 0 Å². The van der Waals surface area contributed by atoms with E-state index in [1.807, 2.05) is 0 Å². The summed E-state index contributed by atoms with van der Waals surface area (Å²) in [5, 5.41) is 8.65. The molecule has 0 radical (unpaired) electrons. The molecular weight excluding hydrogens is 223 g/mol. The first-order valence-electron chi connectivity index (χ1n) is 4.92. The number of halogens is 1. The highest BCUT2D eigenvalue weighted by Crippen LogP contribution is 2.12. The minimum absolute atomic E-state index is 0.108. The lowest BCUT2D eigenvalue weighted by Crippen LogP contribution is -1.91. The van der Waals surface area contributed by atoms with Crippen LogP contribution in [-0.4, -0.2) is 11.1 Å². The summed E-state index contributed by atoms with van der Waals surface area (Å²) < 4.78 is 17.7. The second-order valence-electron chi connectivity index (χ2n) is 3.39. The number of carboxylic acid groups (broad SMARTS) is 1. The van der Waals surface area contributed by atoms with Gasteiger partial charge in [-0.15, -0.1) is 0 Å². The summed E-state index contributed by atoms with van der Waals surface area (Å²) in [4.78, 5) is 10.6. The van der Waals surface area contributed by atoms with Crippen molar-refractivity contribution in [2.45, 2.75) is 0 Å². The van der Waals surface area contributed by atoms with Gasteiger partial charge in [-0.25, -0.2) is 9.18 Å². The Morgan fingerprint density at radius 3 is 2.41 bits per heavy atom. The van der Waals surface area contributed by atoms with Crippen molar-refractivity contribution in [3.05, 3.63) is 59.3 Å². The number of carboxylic acids is 1. The number of hydrogen-bond acceptors (Lipinski definition) is 2. The molecule has 0 fully saturated rings. The quantitative estimate of drug-likeness (QED) is 0.883. The molecule has 86 valence electrons. The molecule has 1 aromatic heterocycles. The maximum Gasteiger partial charge on any atom is 0.371 e. The van der Waals surface area contributed by atoms with Crippen LogP contribution in [-0.2, 0) is 0 Å². The monoisotopic (exact) mass is 232 g/mol. The van der Waals surface area contributed by atoms with Crippen molar-refractivity contribution in [1.29, 1.82) is 0 Å². The third kappa shape index (κ3) is 2.81. The van der Waals surface area contributed by atoms with Crippen LogP contribution in [0.4, 0.5) is 4.39 Å². The van der Waals surface area contributed by atoms with E-state index in [2.05, 4.69) is 0 Å². The van der Waals surface area contributed by atoms with Crippen LogP contribution in [0.5, 0.6) is 0 Å². The fourth-order valence-corrected chi connectivity index (χ4v) is 1.31. The molecule has 0 spiro atoms. The van der Waals surface area contributed by atoms with E-state index in [1.165, 1.54) is 18.2 Å². The first kappa shape index (κ1) is 11.1. The number of carbonyl (C=O) groups is 1. The molecule has 2 rings (SSSR count). The summed E-state index contributed by atoms with van der Waals surface area (Å²) >= 11 is 0. The topological polar surface area (TPSA) is 50.4 Å². The summed E-state index contributed by atoms with van der Waals surface area (Å²) in [5.41, 5.74) is 0.805. The van der Waals surface area contributed by atoms with E-state index in [0.717, 1.165) is 5.56 Å². The fraction of sp³-hybridized carbons (Fsp3) is 0. The van der Waals surface area contributed by atoms with Gasteiger partial charge in [0, 0.05) is 0 Å². The van der Waals surface area contributed by atoms with Gasteiger partial charge in [0.05, 0.1) is 0 Å². The lowest BCUT2D eigenvalue weighted by molar-refractivity contribution is 0.0662. The standard InChI is InChI=1S/C13H9FO3/c14-10-4-1-9(2-5-10)3-6-11-7-8-12(17-11)13(15)16/h1-8H,(H,15,16). The Kier molecular flexibility index (Phi) is 3.05. The Bertz CT molecular complexity index is 552. The number of aromatic carboxylic acids is 1. The van der Waals surface area contributed by atoms with Gasteiger partial charge in [0.1, 0.15) is 11.6 Å². The molecule has 1 N–H and O–H groups in total. The molecule has 0 aliphatic carbocycles. The second kappa shape index (κ2) is 4.65. The first-order chi connectivity index (χ1) is 8.15. The zero-order chi connectivity index (χ0) is 12.3. The summed E-state index contributed by atoms with van der Waals surface area (Å²) in [6, 6.07) is 8.88. The molecular formula is C13H9FO3. The molecule has 0 bridgehead atoms. The molecule has 0 aliphatic heterocycles. The molecule has 2 aromatic rings. The zero-order valence-electron chi connectivity index (χ0n) is 8.76. The Morgan fingerprint density at radius 1 is 1.12 bits per heavy atom. The summed E-state index contributed by atoms with van der Waals surface area (Å²) in [7, 11) is 0. The molecule has 3 nitrogen and oxygen atoms in total. The highest BCUT2D eigenvalue weighted by atomic mass is 19.1. The van der Waals surface area contributed by atoms with E-state index in [4.69, 9.17) is 9.52 Å². The SMILES string of the molecule is O=C(O)c1ccc(C=Cc2ccc(F)cc2)o1. The summed E-state index contributed by atoms with van der Waals surface area (Å²) in [6.07, 6.45) is 3.34. The highest BCUT2D eigenvalue weighted by molar-refractivity contribution is 5.84. The van der Waals surface area contributed by atoms with E-state index in [-0.39, 0.29) is 11.6 Å². The van der Waals surface area contributed by atoms with Crippen molar-refractivity contribution in [3.63, 3.8) is 0 Å². The van der Waals surface area contributed by atoms with Crippen LogP contribution in [0.25, 0.3) is 12.2 Å². The Morgan fingerprint density at radius 2 is 1.82 bits per heavy atom. The molecule has 17 heavy (non-hydrogen) atoms. The summed E-state index contributed by atoms with van der Waals surface area (Å²) in [5.74, 6) is -1.07. The summed E-state index contributed by atoms with van der Waals surface area (Å²) in [6.45, 7) is 0. The molecule has 1 heterocycles. The molecule has 0 unspecified atom stereocenters. The van der Waals surface area contributed by atoms with Gasteiger partial charge in [0.2, 0.25) is 5.76 Å². The first-order valence-corrected chi connectivity index (χ1v) is 4.92. The normalized spacial score (nSPS) is 10.9. The molecule has 0 amide bonds. The lowest BCUT2D eigenvalue weighted by atomic mass is 10.2. The van der Waals surface area contributed by atoms with Crippen LogP contribution < -0.4 is 0 Å². The fourth-order valence-electron chi connectivity index (χ4n) is 1.31. The van der Waals surface area contributed by atoms with Crippen LogP contribution >= 0.6 is 0 Å². The number of hydrogen-bond donors (Lipinski definition) is 1. The Labute approximate surface area is 96.8 Å². The largest absolute Gasteiger partial charge is 0.475 e. The van der Waals surface area contributed by atoms with Gasteiger partial charge in [0.25, 0.3) is 0 Å². The Hall–Kier alpha value is -2.36. The second-order valence-corrected chi connectivity index (χ2v) is 3.39. The number of furan rings is 1. The van der Waals surface area contributed by atoms with Gasteiger partial charge >= 0.3 is 5.97 Å². The third-order valence-corrected chi connectivity index (χ3v) is 2.15. The molecule has 1 aromatic carbocycles. The van der Waals surface area contributed by atoms with Crippen molar-refractivity contribution in [2.24, 2.45) is 0 Å². The zero-order valence-corrected chi connectivity index (χ0v) is 8.76. The smallest absolute Gasteiger partial charge is 0.371 e. The van der Waals surface area contributed by atoms with Crippen molar-refractivity contribution in [2.75, 3.05) is 0 Å². The average molecular weight is 232 g/mol. The van der Waals surface area contributed by atoms with Gasteiger partial charge in [-0.2, -0.15) is 0 Å². The number of benzene rings is 1. The van der Waals surface area contributed by atoms with Gasteiger partial charge in [0.15, 0.2) is 0 Å². The molecule has 0 saturated carbocycles. The van der Waals surface area contributed by atoms with Crippen molar-refractivity contribution >= 4 is 18.1 Å². The number of rotatable bonds is 3. The molecule has 4 heteroatoms. The van der Waals surface area contributed by atoms with Gasteiger partial charge in [-0.3, -0.25) is 0 Å². The predicted octanol–water partition coefficient (Wildman–Crippen LogP) is 3.29. The van der Waals surface area contributed by atoms with Crippen molar-refractivity contribution < 1.29 is 18.7 Å². The van der Waals surface area contributed by atoms with Crippen LogP contribution in [0, 0.1) is 5.82 Å². The van der Waals surface area contributed by atoms with E-state index in [1.54, 1.807) is 30.4 Å². The average Bonchev–Trinajstić information content (AvgIpc) is 2.77. The molecule has 0 atom stereocenters. The van der Waals surface area contributed by atoms with Crippen molar-refractivity contribution in [1.82, 2.24) is 0 Å². The van der Waals surface area contributed by atoms with Crippen LogP contribution in [0.15, 0.2) is 40.8 Å². The predicted molar refractivity (Wildman–Crippen MR) is 61.0 cm³/mol. The molecule has 0 saturated heterocycles. The van der Waals surface area contributed by atoms with Crippen LogP contribution in [0.1, 0.15) is 21.9 Å². The van der Waals surface area contributed by atoms with Gasteiger partial charge < -0.3 is 9.52 Å². The Balaban J connectivity index is 2.14. The molecule has 0 aliphatic rings. The van der Waals surface area contributed by atoms with E-state index >= 15 is 0 Å². The lowest BCUT2D eigenvalue weighted by Gasteiger charge is -1.92. The van der Waals surface area contributed by atoms with E-state index in [9.17, 15) is 9.18 Å². The highest BCUT2D eigenvalue weighted by Gasteiger charge is 2.06. The van der Waals surface area contributed by atoms with Gasteiger partial charge in [-0.05, 0) is 35.9 Å². The third-order valence-electron chi connectivity index (χ3n) is 2.15. The maximum absolute atomic E-state index is 12.6. The van der Waals surface area contributed by atoms with E-state index < -0.39 is 5.97 Å². The maximum atomic E-state index is 12.6. The minimum Gasteiger partial charge on any atom is -0.475 e. The van der Waals surface area contributed by atoms with Crippen LogP contribution in [0.3, 0.4) is 0 Å². The van der Waals surface area contributed by atoms with Crippen molar-refractivity contribution in [3.8, 4) is 0 Å².